The summed E-state index contributed by atoms with van der Waals surface area (Å²) in [7, 11) is 0. The number of carbonyl (C=O) groups excluding carboxylic acids is 1. The number of nitro groups is 1. The van der Waals surface area contributed by atoms with Crippen molar-refractivity contribution in [1.82, 2.24) is 0 Å². The van der Waals surface area contributed by atoms with Crippen molar-refractivity contribution in [2.75, 3.05) is 5.32 Å². The molecule has 6 heteroatoms. The molecule has 0 heterocycles. The Morgan fingerprint density at radius 1 is 1.27 bits per heavy atom. The first-order valence-electron chi connectivity index (χ1n) is 6.83. The molecule has 114 valence electrons. The predicted octanol–water partition coefficient (Wildman–Crippen LogP) is 2.41. The number of carbonyl (C=O) groups is 1. The zero-order chi connectivity index (χ0) is 16.1. The molecule has 22 heavy (non-hydrogen) atoms. The molecule has 0 radical (unpaired) electrons. The van der Waals surface area contributed by atoms with Crippen molar-refractivity contribution in [1.29, 1.82) is 0 Å². The van der Waals surface area contributed by atoms with Crippen molar-refractivity contribution in [2.24, 2.45) is 5.73 Å². The Labute approximate surface area is 128 Å². The molecular formula is C16H17N3O3. The number of rotatable bonds is 5. The first-order chi connectivity index (χ1) is 10.5. The Hall–Kier alpha value is -2.73. The van der Waals surface area contributed by atoms with Crippen molar-refractivity contribution in [3.05, 3.63) is 69.8 Å². The fourth-order valence-corrected chi connectivity index (χ4v) is 2.08. The molecule has 1 amide bonds. The van der Waals surface area contributed by atoms with Crippen LogP contribution in [0.3, 0.4) is 0 Å². The van der Waals surface area contributed by atoms with Gasteiger partial charge in [-0.05, 0) is 25.0 Å². The van der Waals surface area contributed by atoms with Crippen LogP contribution in [0.4, 0.5) is 11.4 Å². The van der Waals surface area contributed by atoms with Gasteiger partial charge in [-0.2, -0.15) is 0 Å². The van der Waals surface area contributed by atoms with Crippen molar-refractivity contribution >= 4 is 17.3 Å². The molecule has 0 fully saturated rings. The summed E-state index contributed by atoms with van der Waals surface area (Å²) in [5.41, 5.74) is 7.71. The number of hydrogen-bond acceptors (Lipinski definition) is 4. The van der Waals surface area contributed by atoms with E-state index in [0.717, 1.165) is 5.56 Å². The first-order valence-corrected chi connectivity index (χ1v) is 6.83. The van der Waals surface area contributed by atoms with Gasteiger partial charge in [-0.15, -0.1) is 0 Å². The van der Waals surface area contributed by atoms with Gasteiger partial charge < -0.3 is 11.1 Å². The van der Waals surface area contributed by atoms with Crippen molar-refractivity contribution in [3.8, 4) is 0 Å². The lowest BCUT2D eigenvalue weighted by molar-refractivity contribution is -0.385. The van der Waals surface area contributed by atoms with E-state index in [0.29, 0.717) is 17.7 Å². The fourth-order valence-electron chi connectivity index (χ4n) is 2.08. The SMILES string of the molecule is Cc1ccc(NC(=O)C(N)Cc2ccccc2)cc1[N+](=O)[O-]. The minimum atomic E-state index is -0.720. The molecule has 1 unspecified atom stereocenters. The Morgan fingerprint density at radius 3 is 2.59 bits per heavy atom. The molecule has 0 aromatic heterocycles. The minimum Gasteiger partial charge on any atom is -0.324 e. The number of nitrogens with two attached hydrogens (primary N) is 1. The van der Waals surface area contributed by atoms with E-state index in [9.17, 15) is 14.9 Å². The van der Waals surface area contributed by atoms with E-state index in [-0.39, 0.29) is 11.6 Å². The van der Waals surface area contributed by atoms with E-state index in [1.165, 1.54) is 6.07 Å². The van der Waals surface area contributed by atoms with Gasteiger partial charge in [0.25, 0.3) is 5.69 Å². The number of hydrogen-bond donors (Lipinski definition) is 2. The van der Waals surface area contributed by atoms with Crippen molar-refractivity contribution in [3.63, 3.8) is 0 Å². The summed E-state index contributed by atoms with van der Waals surface area (Å²) >= 11 is 0. The highest BCUT2D eigenvalue weighted by Crippen LogP contribution is 2.22. The Kier molecular flexibility index (Phi) is 4.85. The lowest BCUT2D eigenvalue weighted by atomic mass is 10.1. The zero-order valence-electron chi connectivity index (χ0n) is 12.2. The van der Waals surface area contributed by atoms with Crippen LogP contribution >= 0.6 is 0 Å². The summed E-state index contributed by atoms with van der Waals surface area (Å²) in [5, 5.41) is 13.5. The highest BCUT2D eigenvalue weighted by molar-refractivity contribution is 5.95. The minimum absolute atomic E-state index is 0.0329. The molecule has 0 saturated heterocycles. The van der Waals surface area contributed by atoms with Crippen LogP contribution in [-0.4, -0.2) is 16.9 Å². The molecular weight excluding hydrogens is 282 g/mol. The zero-order valence-corrected chi connectivity index (χ0v) is 12.2. The van der Waals surface area contributed by atoms with Crippen LogP contribution in [0.25, 0.3) is 0 Å². The number of nitro benzene ring substituents is 1. The Morgan fingerprint density at radius 2 is 1.95 bits per heavy atom. The second-order valence-electron chi connectivity index (χ2n) is 5.04. The smallest absolute Gasteiger partial charge is 0.274 e. The summed E-state index contributed by atoms with van der Waals surface area (Å²) in [4.78, 5) is 22.5. The van der Waals surface area contributed by atoms with Gasteiger partial charge in [0.15, 0.2) is 0 Å². The Bertz CT molecular complexity index is 686. The summed E-state index contributed by atoms with van der Waals surface area (Å²) in [6.45, 7) is 1.64. The van der Waals surface area contributed by atoms with Gasteiger partial charge in [0.05, 0.1) is 11.0 Å². The maximum Gasteiger partial charge on any atom is 0.274 e. The van der Waals surface area contributed by atoms with Crippen LogP contribution in [0.15, 0.2) is 48.5 Å². The van der Waals surface area contributed by atoms with Crippen LogP contribution in [0, 0.1) is 17.0 Å². The molecule has 0 spiro atoms. The number of amides is 1. The molecule has 0 aliphatic rings. The largest absolute Gasteiger partial charge is 0.324 e. The second kappa shape index (κ2) is 6.82. The molecule has 0 saturated carbocycles. The van der Waals surface area contributed by atoms with Crippen LogP contribution < -0.4 is 11.1 Å². The van der Waals surface area contributed by atoms with Gasteiger partial charge in [-0.3, -0.25) is 14.9 Å². The van der Waals surface area contributed by atoms with Crippen molar-refractivity contribution < 1.29 is 9.72 Å². The fraction of sp³-hybridized carbons (Fsp3) is 0.188. The molecule has 2 aromatic rings. The molecule has 6 nitrogen and oxygen atoms in total. The summed E-state index contributed by atoms with van der Waals surface area (Å²) in [6, 6.07) is 13.3. The van der Waals surface area contributed by atoms with Gasteiger partial charge in [-0.25, -0.2) is 0 Å². The van der Waals surface area contributed by atoms with Gasteiger partial charge in [0.2, 0.25) is 5.91 Å². The quantitative estimate of drug-likeness (QED) is 0.654. The van der Waals surface area contributed by atoms with E-state index in [2.05, 4.69) is 5.32 Å². The maximum absolute atomic E-state index is 12.1. The summed E-state index contributed by atoms with van der Waals surface area (Å²) in [5.74, 6) is -0.373. The average Bonchev–Trinajstić information content (AvgIpc) is 2.49. The van der Waals surface area contributed by atoms with Crippen LogP contribution in [0.1, 0.15) is 11.1 Å². The van der Waals surface area contributed by atoms with Gasteiger partial charge in [-0.1, -0.05) is 36.4 Å². The highest BCUT2D eigenvalue weighted by atomic mass is 16.6. The van der Waals surface area contributed by atoms with E-state index in [1.807, 2.05) is 30.3 Å². The van der Waals surface area contributed by atoms with Gasteiger partial charge >= 0.3 is 0 Å². The van der Waals surface area contributed by atoms with E-state index in [4.69, 9.17) is 5.73 Å². The molecule has 0 aliphatic carbocycles. The number of nitrogens with zero attached hydrogens (tertiary/aromatic N) is 1. The number of anilines is 1. The molecule has 2 aromatic carbocycles. The van der Waals surface area contributed by atoms with Crippen LogP contribution in [-0.2, 0) is 11.2 Å². The average molecular weight is 299 g/mol. The topological polar surface area (TPSA) is 98.3 Å². The molecule has 2 rings (SSSR count). The number of aryl methyl sites for hydroxylation is 1. The molecule has 0 bridgehead atoms. The third kappa shape index (κ3) is 3.89. The van der Waals surface area contributed by atoms with Crippen molar-refractivity contribution in [2.45, 2.75) is 19.4 Å². The van der Waals surface area contributed by atoms with E-state index in [1.54, 1.807) is 19.1 Å². The molecule has 0 aliphatic heterocycles. The third-order valence-electron chi connectivity index (χ3n) is 3.31. The summed E-state index contributed by atoms with van der Waals surface area (Å²) < 4.78 is 0. The molecule has 3 N–H and O–H groups in total. The van der Waals surface area contributed by atoms with Crippen LogP contribution in [0.5, 0.6) is 0 Å². The first kappa shape index (κ1) is 15.7. The summed E-state index contributed by atoms with van der Waals surface area (Å²) in [6.07, 6.45) is 0.403. The monoisotopic (exact) mass is 299 g/mol. The van der Waals surface area contributed by atoms with Gasteiger partial charge in [0.1, 0.15) is 0 Å². The van der Waals surface area contributed by atoms with Gasteiger partial charge in [0, 0.05) is 17.3 Å². The predicted molar refractivity (Wildman–Crippen MR) is 84.6 cm³/mol. The Balaban J connectivity index is 2.05. The van der Waals surface area contributed by atoms with Crippen LogP contribution in [0.2, 0.25) is 0 Å². The number of nitrogens with one attached hydrogen (secondary N) is 1. The lowest BCUT2D eigenvalue weighted by Gasteiger charge is -2.12. The highest BCUT2D eigenvalue weighted by Gasteiger charge is 2.16. The van der Waals surface area contributed by atoms with E-state index >= 15 is 0 Å². The maximum atomic E-state index is 12.1. The number of benzene rings is 2. The normalized spacial score (nSPS) is 11.7. The second-order valence-corrected chi connectivity index (χ2v) is 5.04. The van der Waals surface area contributed by atoms with E-state index < -0.39 is 11.0 Å². The molecule has 1 atom stereocenters. The lowest BCUT2D eigenvalue weighted by Crippen LogP contribution is -2.37. The third-order valence-corrected chi connectivity index (χ3v) is 3.31. The standard InChI is InChI=1S/C16H17N3O3/c1-11-7-8-13(10-15(11)19(21)22)18-16(20)14(17)9-12-5-3-2-4-6-12/h2-8,10,14H,9,17H2,1H3,(H,18,20).